The highest BCUT2D eigenvalue weighted by atomic mass is 16.4. The van der Waals surface area contributed by atoms with Gasteiger partial charge < -0.3 is 5.11 Å². The fourth-order valence-electron chi connectivity index (χ4n) is 2.25. The van der Waals surface area contributed by atoms with Crippen molar-refractivity contribution in [2.45, 2.75) is 26.4 Å². The van der Waals surface area contributed by atoms with Gasteiger partial charge in [0.05, 0.1) is 12.7 Å². The summed E-state index contributed by atoms with van der Waals surface area (Å²) >= 11 is 0. The number of hydrogen-bond donors (Lipinski definition) is 1. The van der Waals surface area contributed by atoms with Gasteiger partial charge in [-0.2, -0.15) is 0 Å². The van der Waals surface area contributed by atoms with Crippen LogP contribution in [0.3, 0.4) is 0 Å². The fraction of sp³-hybridized carbons (Fsp3) is 0.750. The number of aromatic carboxylic acids is 1. The molecule has 0 unspecified atom stereocenters. The number of piperazine rings is 1. The Balaban J connectivity index is 1.75. The molecule has 1 aliphatic rings. The molecule has 0 aromatic carbocycles. The molecule has 1 aliphatic heterocycles. The van der Waals surface area contributed by atoms with E-state index in [0.29, 0.717) is 12.6 Å². The average Bonchev–Trinajstić information content (AvgIpc) is 2.86. The second-order valence-electron chi connectivity index (χ2n) is 5.14. The summed E-state index contributed by atoms with van der Waals surface area (Å²) in [7, 11) is 0. The smallest absolute Gasteiger partial charge is 0.358 e. The van der Waals surface area contributed by atoms with Gasteiger partial charge in [-0.1, -0.05) is 5.21 Å². The SMILES string of the molecule is CC(C)N1CCN(CCn2cc(C(=O)O)nn2)CC1. The molecular formula is C12H21N5O2. The third kappa shape index (κ3) is 3.74. The first-order valence-corrected chi connectivity index (χ1v) is 6.66. The van der Waals surface area contributed by atoms with Crippen LogP contribution in [0, 0.1) is 0 Å². The first-order valence-electron chi connectivity index (χ1n) is 6.66. The van der Waals surface area contributed by atoms with Crippen LogP contribution in [0.25, 0.3) is 0 Å². The van der Waals surface area contributed by atoms with E-state index in [4.69, 9.17) is 5.11 Å². The first-order chi connectivity index (χ1) is 9.06. The fourth-order valence-corrected chi connectivity index (χ4v) is 2.25. The molecule has 1 saturated heterocycles. The van der Waals surface area contributed by atoms with Crippen LogP contribution < -0.4 is 0 Å². The maximum absolute atomic E-state index is 10.7. The summed E-state index contributed by atoms with van der Waals surface area (Å²) in [4.78, 5) is 15.5. The zero-order valence-electron chi connectivity index (χ0n) is 11.5. The van der Waals surface area contributed by atoms with Gasteiger partial charge in [-0.05, 0) is 13.8 Å². The van der Waals surface area contributed by atoms with E-state index in [0.717, 1.165) is 32.7 Å². The zero-order valence-corrected chi connectivity index (χ0v) is 11.5. The second-order valence-corrected chi connectivity index (χ2v) is 5.14. The van der Waals surface area contributed by atoms with Crippen molar-refractivity contribution in [1.82, 2.24) is 24.8 Å². The van der Waals surface area contributed by atoms with Crippen LogP contribution in [0.2, 0.25) is 0 Å². The molecule has 0 aliphatic carbocycles. The Hall–Kier alpha value is -1.47. The molecule has 106 valence electrons. The molecule has 1 N–H and O–H groups in total. The maximum Gasteiger partial charge on any atom is 0.358 e. The van der Waals surface area contributed by atoms with Gasteiger partial charge in [0.2, 0.25) is 0 Å². The van der Waals surface area contributed by atoms with Crippen LogP contribution in [-0.4, -0.2) is 74.6 Å². The summed E-state index contributed by atoms with van der Waals surface area (Å²) in [6, 6.07) is 0.607. The van der Waals surface area contributed by atoms with Crippen LogP contribution in [-0.2, 0) is 6.54 Å². The molecule has 0 bridgehead atoms. The molecule has 0 saturated carbocycles. The Morgan fingerprint density at radius 2 is 2.00 bits per heavy atom. The monoisotopic (exact) mass is 267 g/mol. The van der Waals surface area contributed by atoms with Crippen molar-refractivity contribution < 1.29 is 9.90 Å². The van der Waals surface area contributed by atoms with Crippen LogP contribution in [0.1, 0.15) is 24.3 Å². The molecule has 0 radical (unpaired) electrons. The Bertz CT molecular complexity index is 424. The van der Waals surface area contributed by atoms with Gasteiger partial charge in [-0.25, -0.2) is 4.79 Å². The second kappa shape index (κ2) is 6.12. The van der Waals surface area contributed by atoms with Crippen LogP contribution in [0.5, 0.6) is 0 Å². The lowest BCUT2D eigenvalue weighted by Gasteiger charge is -2.36. The molecule has 7 heteroatoms. The topological polar surface area (TPSA) is 74.5 Å². The van der Waals surface area contributed by atoms with E-state index in [1.807, 2.05) is 0 Å². The molecule has 2 heterocycles. The van der Waals surface area contributed by atoms with Gasteiger partial charge in [0.15, 0.2) is 5.69 Å². The molecule has 19 heavy (non-hydrogen) atoms. The molecule has 2 rings (SSSR count). The predicted molar refractivity (Wildman–Crippen MR) is 70.1 cm³/mol. The summed E-state index contributed by atoms with van der Waals surface area (Å²) in [6.45, 7) is 10.3. The van der Waals surface area contributed by atoms with E-state index < -0.39 is 5.97 Å². The molecule has 1 aromatic heterocycles. The number of carbonyl (C=O) groups is 1. The van der Waals surface area contributed by atoms with Crippen LogP contribution >= 0.6 is 0 Å². The molecule has 1 fully saturated rings. The van der Waals surface area contributed by atoms with E-state index in [-0.39, 0.29) is 5.69 Å². The van der Waals surface area contributed by atoms with Crippen molar-refractivity contribution >= 4 is 5.97 Å². The first kappa shape index (κ1) is 14.0. The summed E-state index contributed by atoms with van der Waals surface area (Å²) in [5, 5.41) is 16.2. The normalized spacial score (nSPS) is 18.1. The molecular weight excluding hydrogens is 246 g/mol. The third-order valence-electron chi connectivity index (χ3n) is 3.54. The third-order valence-corrected chi connectivity index (χ3v) is 3.54. The Morgan fingerprint density at radius 1 is 1.32 bits per heavy atom. The average molecular weight is 267 g/mol. The lowest BCUT2D eigenvalue weighted by Crippen LogP contribution is -2.49. The number of carboxylic acids is 1. The standard InChI is InChI=1S/C12H21N5O2/c1-10(2)16-6-3-15(4-7-16)5-8-17-9-11(12(18)19)13-14-17/h9-10H,3-8H2,1-2H3,(H,18,19). The number of hydrogen-bond acceptors (Lipinski definition) is 5. The van der Waals surface area contributed by atoms with Crippen molar-refractivity contribution in [3.05, 3.63) is 11.9 Å². The quantitative estimate of drug-likeness (QED) is 0.809. The zero-order chi connectivity index (χ0) is 13.8. The summed E-state index contributed by atoms with van der Waals surface area (Å²) in [6.07, 6.45) is 1.48. The molecule has 0 amide bonds. The predicted octanol–water partition coefficient (Wildman–Crippen LogP) is 0.00230. The van der Waals surface area contributed by atoms with Crippen molar-refractivity contribution in [2.75, 3.05) is 32.7 Å². The van der Waals surface area contributed by atoms with E-state index in [9.17, 15) is 4.79 Å². The number of nitrogens with zero attached hydrogens (tertiary/aromatic N) is 5. The minimum atomic E-state index is -1.03. The largest absolute Gasteiger partial charge is 0.476 e. The Morgan fingerprint density at radius 3 is 2.53 bits per heavy atom. The van der Waals surface area contributed by atoms with E-state index in [1.165, 1.54) is 6.20 Å². The van der Waals surface area contributed by atoms with E-state index in [1.54, 1.807) is 4.68 Å². The van der Waals surface area contributed by atoms with Crippen LogP contribution in [0.4, 0.5) is 0 Å². The van der Waals surface area contributed by atoms with Gasteiger partial charge in [-0.3, -0.25) is 14.5 Å². The van der Waals surface area contributed by atoms with E-state index >= 15 is 0 Å². The number of rotatable bonds is 5. The Kier molecular flexibility index (Phi) is 4.49. The van der Waals surface area contributed by atoms with Crippen molar-refractivity contribution in [3.63, 3.8) is 0 Å². The molecule has 0 spiro atoms. The summed E-state index contributed by atoms with van der Waals surface area (Å²) in [5.74, 6) is -1.03. The van der Waals surface area contributed by atoms with Gasteiger partial charge in [0, 0.05) is 38.8 Å². The van der Waals surface area contributed by atoms with Crippen LogP contribution in [0.15, 0.2) is 6.20 Å². The van der Waals surface area contributed by atoms with Gasteiger partial charge in [0.1, 0.15) is 0 Å². The molecule has 7 nitrogen and oxygen atoms in total. The number of aromatic nitrogens is 3. The Labute approximate surface area is 112 Å². The maximum atomic E-state index is 10.7. The summed E-state index contributed by atoms with van der Waals surface area (Å²) < 4.78 is 1.60. The highest BCUT2D eigenvalue weighted by molar-refractivity contribution is 5.84. The van der Waals surface area contributed by atoms with Crippen molar-refractivity contribution in [3.8, 4) is 0 Å². The van der Waals surface area contributed by atoms with E-state index in [2.05, 4.69) is 34.0 Å². The highest BCUT2D eigenvalue weighted by Crippen LogP contribution is 2.05. The highest BCUT2D eigenvalue weighted by Gasteiger charge is 2.18. The van der Waals surface area contributed by atoms with Gasteiger partial charge in [-0.15, -0.1) is 5.10 Å². The minimum Gasteiger partial charge on any atom is -0.476 e. The molecule has 0 atom stereocenters. The lowest BCUT2D eigenvalue weighted by atomic mass is 10.2. The summed E-state index contributed by atoms with van der Waals surface area (Å²) in [5.41, 5.74) is 0.00428. The number of carboxylic acid groups (broad SMARTS) is 1. The minimum absolute atomic E-state index is 0.00428. The van der Waals surface area contributed by atoms with Crippen molar-refractivity contribution in [2.24, 2.45) is 0 Å². The van der Waals surface area contributed by atoms with Gasteiger partial charge >= 0.3 is 5.97 Å². The lowest BCUT2D eigenvalue weighted by molar-refractivity contribution is 0.0690. The van der Waals surface area contributed by atoms with Gasteiger partial charge in [0.25, 0.3) is 0 Å². The molecule has 1 aromatic rings. The van der Waals surface area contributed by atoms with Crippen molar-refractivity contribution in [1.29, 1.82) is 0 Å².